The van der Waals surface area contributed by atoms with Crippen LogP contribution in [0.15, 0.2) is 24.3 Å². The molecule has 0 aromatic heterocycles. The average Bonchev–Trinajstić information content (AvgIpc) is 2.38. The molecule has 4 heteroatoms. The van der Waals surface area contributed by atoms with E-state index in [1.807, 2.05) is 12.1 Å². The molecule has 0 fully saturated rings. The van der Waals surface area contributed by atoms with Crippen LogP contribution in [0.5, 0.6) is 0 Å². The summed E-state index contributed by atoms with van der Waals surface area (Å²) in [5.41, 5.74) is 7.13. The maximum Gasteiger partial charge on any atom is 0.251 e. The van der Waals surface area contributed by atoms with Crippen molar-refractivity contribution >= 4 is 11.7 Å². The molecule has 0 aliphatic carbocycles. The van der Waals surface area contributed by atoms with E-state index < -0.39 is 0 Å². The van der Waals surface area contributed by atoms with Crippen LogP contribution in [0.25, 0.3) is 0 Å². The second-order valence-corrected chi connectivity index (χ2v) is 4.32. The molecule has 1 aromatic rings. The number of hydrogen-bond donors (Lipinski definition) is 2. The molecule has 0 unspecified atom stereocenters. The Morgan fingerprint density at radius 3 is 2.39 bits per heavy atom. The molecule has 0 saturated heterocycles. The van der Waals surface area contributed by atoms with Gasteiger partial charge in [0.1, 0.15) is 5.78 Å². The number of nitrogens with one attached hydrogen (secondary N) is 1. The lowest BCUT2D eigenvalue weighted by atomic mass is 10.1. The van der Waals surface area contributed by atoms with Crippen molar-refractivity contribution in [2.75, 3.05) is 6.54 Å². The zero-order chi connectivity index (χ0) is 13.4. The number of unbranched alkanes of at least 4 members (excludes halogenated alkanes) is 1. The SMILES string of the molecule is CC(=O)CCCCNC(=O)c1ccc(CN)cc1. The van der Waals surface area contributed by atoms with E-state index in [1.165, 1.54) is 0 Å². The molecule has 4 nitrogen and oxygen atoms in total. The molecule has 1 aromatic carbocycles. The van der Waals surface area contributed by atoms with E-state index in [-0.39, 0.29) is 11.7 Å². The van der Waals surface area contributed by atoms with Gasteiger partial charge in [0.15, 0.2) is 0 Å². The molecule has 18 heavy (non-hydrogen) atoms. The van der Waals surface area contributed by atoms with Gasteiger partial charge in [-0.25, -0.2) is 0 Å². The summed E-state index contributed by atoms with van der Waals surface area (Å²) in [7, 11) is 0. The quantitative estimate of drug-likeness (QED) is 0.720. The van der Waals surface area contributed by atoms with E-state index in [4.69, 9.17) is 5.73 Å². The van der Waals surface area contributed by atoms with Crippen LogP contribution in [0.2, 0.25) is 0 Å². The van der Waals surface area contributed by atoms with Gasteiger partial charge in [-0.05, 0) is 37.5 Å². The lowest BCUT2D eigenvalue weighted by Crippen LogP contribution is -2.24. The number of benzene rings is 1. The van der Waals surface area contributed by atoms with Gasteiger partial charge in [0.05, 0.1) is 0 Å². The van der Waals surface area contributed by atoms with Crippen LogP contribution < -0.4 is 11.1 Å². The molecular formula is C14H20N2O2. The number of ketones is 1. The van der Waals surface area contributed by atoms with Crippen molar-refractivity contribution in [3.05, 3.63) is 35.4 Å². The number of rotatable bonds is 7. The lowest BCUT2D eigenvalue weighted by molar-refractivity contribution is -0.117. The van der Waals surface area contributed by atoms with Gasteiger partial charge < -0.3 is 15.8 Å². The van der Waals surface area contributed by atoms with Crippen molar-refractivity contribution < 1.29 is 9.59 Å². The number of Topliss-reactive ketones (excluding diaryl/α,β-unsaturated/α-hetero) is 1. The van der Waals surface area contributed by atoms with Gasteiger partial charge in [0, 0.05) is 25.1 Å². The monoisotopic (exact) mass is 248 g/mol. The first-order valence-electron chi connectivity index (χ1n) is 6.20. The van der Waals surface area contributed by atoms with Gasteiger partial charge in [0.2, 0.25) is 0 Å². The Kier molecular flexibility index (Phi) is 6.08. The normalized spacial score (nSPS) is 10.1. The van der Waals surface area contributed by atoms with Crippen LogP contribution in [0.3, 0.4) is 0 Å². The van der Waals surface area contributed by atoms with Gasteiger partial charge in [-0.3, -0.25) is 4.79 Å². The molecule has 0 aliphatic heterocycles. The summed E-state index contributed by atoms with van der Waals surface area (Å²) in [4.78, 5) is 22.5. The number of nitrogens with two attached hydrogens (primary N) is 1. The third-order valence-electron chi connectivity index (χ3n) is 2.69. The van der Waals surface area contributed by atoms with Crippen LogP contribution >= 0.6 is 0 Å². The Morgan fingerprint density at radius 2 is 1.83 bits per heavy atom. The molecule has 0 radical (unpaired) electrons. The summed E-state index contributed by atoms with van der Waals surface area (Å²) < 4.78 is 0. The second-order valence-electron chi connectivity index (χ2n) is 4.32. The van der Waals surface area contributed by atoms with E-state index in [2.05, 4.69) is 5.32 Å². The van der Waals surface area contributed by atoms with Gasteiger partial charge in [-0.15, -0.1) is 0 Å². The largest absolute Gasteiger partial charge is 0.352 e. The van der Waals surface area contributed by atoms with Crippen LogP contribution in [-0.2, 0) is 11.3 Å². The minimum absolute atomic E-state index is 0.0820. The number of carbonyl (C=O) groups excluding carboxylic acids is 2. The topological polar surface area (TPSA) is 72.2 Å². The third kappa shape index (κ3) is 5.10. The summed E-state index contributed by atoms with van der Waals surface area (Å²) in [6.07, 6.45) is 2.23. The fourth-order valence-corrected chi connectivity index (χ4v) is 1.60. The first-order chi connectivity index (χ1) is 8.63. The van der Waals surface area contributed by atoms with E-state index in [0.717, 1.165) is 18.4 Å². The van der Waals surface area contributed by atoms with E-state index in [0.29, 0.717) is 25.1 Å². The zero-order valence-electron chi connectivity index (χ0n) is 10.7. The highest BCUT2D eigenvalue weighted by Gasteiger charge is 2.04. The maximum absolute atomic E-state index is 11.7. The zero-order valence-corrected chi connectivity index (χ0v) is 10.7. The fraction of sp³-hybridized carbons (Fsp3) is 0.429. The molecule has 1 rings (SSSR count). The molecule has 0 spiro atoms. The van der Waals surface area contributed by atoms with E-state index in [9.17, 15) is 9.59 Å². The van der Waals surface area contributed by atoms with Crippen molar-refractivity contribution in [3.63, 3.8) is 0 Å². The maximum atomic E-state index is 11.7. The Labute approximate surface area is 108 Å². The minimum atomic E-state index is -0.0820. The van der Waals surface area contributed by atoms with Crippen LogP contribution in [0.4, 0.5) is 0 Å². The molecule has 0 heterocycles. The van der Waals surface area contributed by atoms with Gasteiger partial charge in [0.25, 0.3) is 5.91 Å². The molecule has 0 atom stereocenters. The summed E-state index contributed by atoms with van der Waals surface area (Å²) in [6, 6.07) is 7.25. The predicted octanol–water partition coefficient (Wildman–Crippen LogP) is 1.63. The molecule has 0 bridgehead atoms. The summed E-state index contributed by atoms with van der Waals surface area (Å²) in [5, 5.41) is 2.83. The Morgan fingerprint density at radius 1 is 1.17 bits per heavy atom. The van der Waals surface area contributed by atoms with Crippen molar-refractivity contribution in [2.45, 2.75) is 32.7 Å². The number of carbonyl (C=O) groups is 2. The highest BCUT2D eigenvalue weighted by atomic mass is 16.1. The molecule has 0 saturated carbocycles. The molecule has 98 valence electrons. The number of amides is 1. The molecule has 1 amide bonds. The van der Waals surface area contributed by atoms with Crippen LogP contribution in [0.1, 0.15) is 42.1 Å². The second kappa shape index (κ2) is 7.61. The van der Waals surface area contributed by atoms with Gasteiger partial charge >= 0.3 is 0 Å². The number of hydrogen-bond acceptors (Lipinski definition) is 3. The molecule has 0 aliphatic rings. The summed E-state index contributed by atoms with van der Waals surface area (Å²) in [6.45, 7) is 2.66. The molecule has 3 N–H and O–H groups in total. The van der Waals surface area contributed by atoms with Crippen LogP contribution in [-0.4, -0.2) is 18.2 Å². The van der Waals surface area contributed by atoms with Crippen LogP contribution in [0, 0.1) is 0 Å². The first-order valence-corrected chi connectivity index (χ1v) is 6.20. The minimum Gasteiger partial charge on any atom is -0.352 e. The Balaban J connectivity index is 2.29. The lowest BCUT2D eigenvalue weighted by Gasteiger charge is -2.05. The Bertz CT molecular complexity index is 399. The smallest absolute Gasteiger partial charge is 0.251 e. The first kappa shape index (κ1) is 14.4. The van der Waals surface area contributed by atoms with E-state index >= 15 is 0 Å². The average molecular weight is 248 g/mol. The van der Waals surface area contributed by atoms with Crippen molar-refractivity contribution in [1.82, 2.24) is 5.32 Å². The van der Waals surface area contributed by atoms with Gasteiger partial charge in [-0.1, -0.05) is 12.1 Å². The standard InChI is InChI=1S/C14H20N2O2/c1-11(17)4-2-3-9-16-14(18)13-7-5-12(10-15)6-8-13/h5-8H,2-4,9-10,15H2,1H3,(H,16,18). The summed E-state index contributed by atoms with van der Waals surface area (Å²) in [5.74, 6) is 0.111. The van der Waals surface area contributed by atoms with E-state index in [1.54, 1.807) is 19.1 Å². The molecular weight excluding hydrogens is 228 g/mol. The highest BCUT2D eigenvalue weighted by molar-refractivity contribution is 5.94. The van der Waals surface area contributed by atoms with Crippen molar-refractivity contribution in [1.29, 1.82) is 0 Å². The highest BCUT2D eigenvalue weighted by Crippen LogP contribution is 2.03. The van der Waals surface area contributed by atoms with Crippen molar-refractivity contribution in [2.24, 2.45) is 5.73 Å². The predicted molar refractivity (Wildman–Crippen MR) is 71.2 cm³/mol. The Hall–Kier alpha value is -1.68. The third-order valence-corrected chi connectivity index (χ3v) is 2.69. The fourth-order valence-electron chi connectivity index (χ4n) is 1.60. The van der Waals surface area contributed by atoms with Crippen molar-refractivity contribution in [3.8, 4) is 0 Å². The van der Waals surface area contributed by atoms with Gasteiger partial charge in [-0.2, -0.15) is 0 Å². The summed E-state index contributed by atoms with van der Waals surface area (Å²) >= 11 is 0.